The maximum absolute atomic E-state index is 13.0. The van der Waals surface area contributed by atoms with Crippen molar-refractivity contribution in [3.8, 4) is 0 Å². The standard InChI is InChI=1S/C20H19ClN2O6/c21-14-5-3-13(4-6-14)17(24)22-9-7-20(8-10-22)23(15(12-29-20)19(26)27)18(25)16-2-1-11-28-16/h1-6,11,15H,7-10,12H2,(H,26,27)/t15-/m0/s1. The van der Waals surface area contributed by atoms with Gasteiger partial charge in [0.1, 0.15) is 5.72 Å². The summed E-state index contributed by atoms with van der Waals surface area (Å²) in [6.45, 7) is 0.554. The number of aliphatic carboxylic acids is 1. The quantitative estimate of drug-likeness (QED) is 0.821. The van der Waals surface area contributed by atoms with Gasteiger partial charge in [0.05, 0.1) is 12.9 Å². The molecular formula is C20H19ClN2O6. The molecule has 2 amide bonds. The Morgan fingerprint density at radius 2 is 1.76 bits per heavy atom. The third kappa shape index (κ3) is 3.49. The van der Waals surface area contributed by atoms with Gasteiger partial charge in [-0.3, -0.25) is 14.5 Å². The van der Waals surface area contributed by atoms with Crippen LogP contribution in [-0.2, 0) is 9.53 Å². The number of carbonyl (C=O) groups excluding carboxylic acids is 2. The summed E-state index contributed by atoms with van der Waals surface area (Å²) in [5.41, 5.74) is -0.561. The van der Waals surface area contributed by atoms with Gasteiger partial charge in [0, 0.05) is 36.5 Å². The number of ether oxygens (including phenoxy) is 1. The first-order valence-electron chi connectivity index (χ1n) is 9.20. The number of benzene rings is 1. The Bertz CT molecular complexity index is 919. The van der Waals surface area contributed by atoms with Crippen molar-refractivity contribution in [1.82, 2.24) is 9.80 Å². The van der Waals surface area contributed by atoms with E-state index in [2.05, 4.69) is 0 Å². The summed E-state index contributed by atoms with van der Waals surface area (Å²) in [6.07, 6.45) is 1.98. The van der Waals surface area contributed by atoms with E-state index in [-0.39, 0.29) is 18.3 Å². The number of furan rings is 1. The highest BCUT2D eigenvalue weighted by atomic mass is 35.5. The molecule has 1 atom stereocenters. The lowest BCUT2D eigenvalue weighted by molar-refractivity contribution is -0.143. The maximum Gasteiger partial charge on any atom is 0.328 e. The van der Waals surface area contributed by atoms with Gasteiger partial charge in [-0.15, -0.1) is 0 Å². The Morgan fingerprint density at radius 3 is 2.34 bits per heavy atom. The largest absolute Gasteiger partial charge is 0.480 e. The molecule has 0 bridgehead atoms. The number of hydrogen-bond acceptors (Lipinski definition) is 5. The zero-order chi connectivity index (χ0) is 20.6. The van der Waals surface area contributed by atoms with Crippen LogP contribution in [0.4, 0.5) is 0 Å². The van der Waals surface area contributed by atoms with Gasteiger partial charge in [-0.1, -0.05) is 11.6 Å². The van der Waals surface area contributed by atoms with Crippen molar-refractivity contribution in [3.63, 3.8) is 0 Å². The number of carboxylic acid groups (broad SMARTS) is 1. The van der Waals surface area contributed by atoms with Gasteiger partial charge in [0.15, 0.2) is 11.8 Å². The Hall–Kier alpha value is -2.84. The van der Waals surface area contributed by atoms with Gasteiger partial charge < -0.3 is 19.2 Å². The maximum atomic E-state index is 13.0. The molecule has 8 nitrogen and oxygen atoms in total. The van der Waals surface area contributed by atoms with Crippen LogP contribution >= 0.6 is 11.6 Å². The molecule has 2 aliphatic heterocycles. The first-order valence-corrected chi connectivity index (χ1v) is 9.58. The van der Waals surface area contributed by atoms with Gasteiger partial charge in [0.2, 0.25) is 0 Å². The average molecular weight is 419 g/mol. The SMILES string of the molecule is O=C(O)[C@@H]1COC2(CCN(C(=O)c3ccc(Cl)cc3)CC2)N1C(=O)c1ccco1. The molecule has 1 spiro atoms. The second-order valence-corrected chi connectivity index (χ2v) is 7.50. The molecule has 152 valence electrons. The topological polar surface area (TPSA) is 100 Å². The van der Waals surface area contributed by atoms with E-state index in [0.717, 1.165) is 0 Å². The minimum absolute atomic E-state index is 0.0563. The lowest BCUT2D eigenvalue weighted by atomic mass is 9.96. The predicted octanol–water partition coefficient (Wildman–Crippen LogP) is 2.49. The van der Waals surface area contributed by atoms with Gasteiger partial charge in [-0.05, 0) is 36.4 Å². The average Bonchev–Trinajstić information content (AvgIpc) is 3.37. The molecule has 4 rings (SSSR count). The zero-order valence-electron chi connectivity index (χ0n) is 15.4. The Kier molecular flexibility index (Phi) is 5.06. The molecule has 2 fully saturated rings. The third-order valence-corrected chi connectivity index (χ3v) is 5.67. The number of rotatable bonds is 3. The number of carbonyl (C=O) groups is 3. The number of likely N-dealkylation sites (tertiary alicyclic amines) is 1. The monoisotopic (exact) mass is 418 g/mol. The van der Waals surface area contributed by atoms with Gasteiger partial charge in [-0.2, -0.15) is 0 Å². The number of hydrogen-bond donors (Lipinski definition) is 1. The van der Waals surface area contributed by atoms with E-state index in [0.29, 0.717) is 36.5 Å². The van der Waals surface area contributed by atoms with Crippen LogP contribution in [0.15, 0.2) is 47.1 Å². The molecule has 0 aliphatic carbocycles. The predicted molar refractivity (Wildman–Crippen MR) is 102 cm³/mol. The van der Waals surface area contributed by atoms with Crippen molar-refractivity contribution in [2.45, 2.75) is 24.6 Å². The van der Waals surface area contributed by atoms with Crippen LogP contribution in [0.25, 0.3) is 0 Å². The molecule has 29 heavy (non-hydrogen) atoms. The van der Waals surface area contributed by atoms with Crippen LogP contribution in [0.5, 0.6) is 0 Å². The number of carboxylic acids is 1. The smallest absolute Gasteiger partial charge is 0.328 e. The lowest BCUT2D eigenvalue weighted by Gasteiger charge is -2.43. The summed E-state index contributed by atoms with van der Waals surface area (Å²) >= 11 is 5.88. The van der Waals surface area contributed by atoms with Gasteiger partial charge in [0.25, 0.3) is 11.8 Å². The molecule has 1 aromatic heterocycles. The van der Waals surface area contributed by atoms with E-state index in [4.69, 9.17) is 20.8 Å². The van der Waals surface area contributed by atoms with Gasteiger partial charge in [-0.25, -0.2) is 4.79 Å². The van der Waals surface area contributed by atoms with Crippen LogP contribution < -0.4 is 0 Å². The molecule has 1 N–H and O–H groups in total. The molecule has 2 aliphatic rings. The highest BCUT2D eigenvalue weighted by Gasteiger charge is 2.54. The number of piperidine rings is 1. The number of amides is 2. The lowest BCUT2D eigenvalue weighted by Crippen LogP contribution is -2.58. The molecule has 0 unspecified atom stereocenters. The number of nitrogens with zero attached hydrogens (tertiary/aromatic N) is 2. The van der Waals surface area contributed by atoms with Crippen LogP contribution in [0.2, 0.25) is 5.02 Å². The van der Waals surface area contributed by atoms with E-state index >= 15 is 0 Å². The van der Waals surface area contributed by atoms with Gasteiger partial charge >= 0.3 is 5.97 Å². The molecule has 2 saturated heterocycles. The Morgan fingerprint density at radius 1 is 1.07 bits per heavy atom. The molecular weight excluding hydrogens is 400 g/mol. The summed E-state index contributed by atoms with van der Waals surface area (Å²) in [7, 11) is 0. The highest BCUT2D eigenvalue weighted by Crippen LogP contribution is 2.38. The zero-order valence-corrected chi connectivity index (χ0v) is 16.2. The van der Waals surface area contributed by atoms with Crippen molar-refractivity contribution in [1.29, 1.82) is 0 Å². The van der Waals surface area contributed by atoms with E-state index < -0.39 is 23.6 Å². The van der Waals surface area contributed by atoms with E-state index in [1.165, 1.54) is 17.2 Å². The van der Waals surface area contributed by atoms with Crippen LogP contribution in [0.3, 0.4) is 0 Å². The fourth-order valence-electron chi connectivity index (χ4n) is 3.91. The van der Waals surface area contributed by atoms with Crippen molar-refractivity contribution in [2.24, 2.45) is 0 Å². The summed E-state index contributed by atoms with van der Waals surface area (Å²) in [6, 6.07) is 8.59. The first kappa shape index (κ1) is 19.5. The Balaban J connectivity index is 1.53. The van der Waals surface area contributed by atoms with Crippen LogP contribution in [-0.4, -0.2) is 64.2 Å². The highest BCUT2D eigenvalue weighted by molar-refractivity contribution is 6.30. The normalized spacial score (nSPS) is 20.8. The summed E-state index contributed by atoms with van der Waals surface area (Å²) in [5.74, 6) is -1.76. The fourth-order valence-corrected chi connectivity index (χ4v) is 4.03. The minimum Gasteiger partial charge on any atom is -0.480 e. The second kappa shape index (κ2) is 7.53. The Labute approximate surface area is 171 Å². The molecule has 3 heterocycles. The van der Waals surface area contributed by atoms with Crippen LogP contribution in [0.1, 0.15) is 33.8 Å². The molecule has 0 radical (unpaired) electrons. The molecule has 2 aromatic rings. The molecule has 1 aromatic carbocycles. The first-order chi connectivity index (χ1) is 13.9. The summed E-state index contributed by atoms with van der Waals surface area (Å²) < 4.78 is 11.0. The van der Waals surface area contributed by atoms with Crippen molar-refractivity contribution >= 4 is 29.4 Å². The third-order valence-electron chi connectivity index (χ3n) is 5.42. The van der Waals surface area contributed by atoms with Crippen molar-refractivity contribution in [3.05, 3.63) is 59.0 Å². The molecule has 9 heteroatoms. The molecule has 0 saturated carbocycles. The number of halogens is 1. The summed E-state index contributed by atoms with van der Waals surface area (Å²) in [4.78, 5) is 40.3. The van der Waals surface area contributed by atoms with E-state index in [1.54, 1.807) is 35.2 Å². The fraction of sp³-hybridized carbons (Fsp3) is 0.350. The van der Waals surface area contributed by atoms with E-state index in [1.807, 2.05) is 0 Å². The second-order valence-electron chi connectivity index (χ2n) is 7.06. The van der Waals surface area contributed by atoms with E-state index in [9.17, 15) is 19.5 Å². The van der Waals surface area contributed by atoms with Crippen molar-refractivity contribution < 1.29 is 28.6 Å². The van der Waals surface area contributed by atoms with Crippen LogP contribution in [0, 0.1) is 0 Å². The summed E-state index contributed by atoms with van der Waals surface area (Å²) in [5, 5.41) is 10.1. The van der Waals surface area contributed by atoms with Crippen molar-refractivity contribution in [2.75, 3.05) is 19.7 Å². The minimum atomic E-state index is -1.14.